The lowest BCUT2D eigenvalue weighted by molar-refractivity contribution is 0.181. The Morgan fingerprint density at radius 3 is 2.70 bits per heavy atom. The SMILES string of the molecule is COCc1cc(N2CCCC(c3nncn3C(C)C)C2)nc(C(C)(C)C)n1. The van der Waals surface area contributed by atoms with Gasteiger partial charge >= 0.3 is 0 Å². The summed E-state index contributed by atoms with van der Waals surface area (Å²) in [6.45, 7) is 13.2. The topological polar surface area (TPSA) is 69.0 Å². The highest BCUT2D eigenvalue weighted by Gasteiger charge is 2.28. The summed E-state index contributed by atoms with van der Waals surface area (Å²) in [4.78, 5) is 12.0. The highest BCUT2D eigenvalue weighted by molar-refractivity contribution is 5.42. The molecule has 0 N–H and O–H groups in total. The summed E-state index contributed by atoms with van der Waals surface area (Å²) in [5, 5.41) is 8.58. The average Bonchev–Trinajstić information content (AvgIpc) is 3.11. The zero-order valence-electron chi connectivity index (χ0n) is 17.4. The standard InChI is InChI=1S/C20H32N6O/c1-14(2)26-13-21-24-18(26)15-8-7-9-25(11-15)17-10-16(12-27-6)22-19(23-17)20(3,4)5/h10,13-15H,7-9,11-12H2,1-6H3. The molecule has 0 aliphatic carbocycles. The minimum Gasteiger partial charge on any atom is -0.378 e. The molecule has 7 nitrogen and oxygen atoms in total. The van der Waals surface area contributed by atoms with Crippen LogP contribution in [0.25, 0.3) is 0 Å². The van der Waals surface area contributed by atoms with Crippen LogP contribution in [0.3, 0.4) is 0 Å². The molecule has 1 fully saturated rings. The number of hydrogen-bond acceptors (Lipinski definition) is 6. The zero-order valence-corrected chi connectivity index (χ0v) is 17.4. The molecule has 2 aromatic rings. The molecule has 0 radical (unpaired) electrons. The lowest BCUT2D eigenvalue weighted by Crippen LogP contribution is -2.36. The van der Waals surface area contributed by atoms with Gasteiger partial charge in [0.05, 0.1) is 12.3 Å². The highest BCUT2D eigenvalue weighted by atomic mass is 16.5. The Morgan fingerprint density at radius 1 is 1.26 bits per heavy atom. The van der Waals surface area contributed by atoms with Crippen molar-refractivity contribution in [2.45, 2.75) is 71.4 Å². The Morgan fingerprint density at radius 2 is 2.04 bits per heavy atom. The average molecular weight is 373 g/mol. The molecule has 0 bridgehead atoms. The summed E-state index contributed by atoms with van der Waals surface area (Å²) >= 11 is 0. The molecule has 1 aliphatic heterocycles. The molecule has 1 aliphatic rings. The van der Waals surface area contributed by atoms with Gasteiger partial charge in [-0.15, -0.1) is 10.2 Å². The van der Waals surface area contributed by atoms with E-state index in [4.69, 9.17) is 14.7 Å². The van der Waals surface area contributed by atoms with Crippen molar-refractivity contribution in [2.75, 3.05) is 25.1 Å². The van der Waals surface area contributed by atoms with Gasteiger partial charge in [0.2, 0.25) is 0 Å². The molecule has 0 spiro atoms. The van der Waals surface area contributed by atoms with Crippen LogP contribution in [0, 0.1) is 0 Å². The van der Waals surface area contributed by atoms with Crippen LogP contribution in [0.2, 0.25) is 0 Å². The monoisotopic (exact) mass is 372 g/mol. The van der Waals surface area contributed by atoms with E-state index in [2.05, 4.69) is 60.3 Å². The van der Waals surface area contributed by atoms with E-state index in [-0.39, 0.29) is 5.41 Å². The van der Waals surface area contributed by atoms with Crippen LogP contribution in [-0.4, -0.2) is 44.9 Å². The maximum absolute atomic E-state index is 5.33. The highest BCUT2D eigenvalue weighted by Crippen LogP contribution is 2.30. The first-order valence-corrected chi connectivity index (χ1v) is 9.81. The van der Waals surface area contributed by atoms with Crippen LogP contribution in [0.1, 0.15) is 76.8 Å². The smallest absolute Gasteiger partial charge is 0.137 e. The van der Waals surface area contributed by atoms with Crippen LogP contribution >= 0.6 is 0 Å². The number of nitrogens with zero attached hydrogens (tertiary/aromatic N) is 6. The van der Waals surface area contributed by atoms with Crippen LogP contribution in [0.5, 0.6) is 0 Å². The second kappa shape index (κ2) is 7.92. The third-order valence-corrected chi connectivity index (χ3v) is 5.00. The first-order valence-electron chi connectivity index (χ1n) is 9.81. The van der Waals surface area contributed by atoms with Gasteiger partial charge in [0.15, 0.2) is 0 Å². The molecule has 148 valence electrons. The lowest BCUT2D eigenvalue weighted by Gasteiger charge is -2.34. The molecule has 3 heterocycles. The largest absolute Gasteiger partial charge is 0.378 e. The Balaban J connectivity index is 1.89. The van der Waals surface area contributed by atoms with E-state index in [1.165, 1.54) is 0 Å². The molecule has 0 saturated carbocycles. The van der Waals surface area contributed by atoms with Crippen LogP contribution in [0.4, 0.5) is 5.82 Å². The van der Waals surface area contributed by atoms with E-state index in [1.807, 2.05) is 6.33 Å². The van der Waals surface area contributed by atoms with Gasteiger partial charge in [-0.05, 0) is 26.7 Å². The first kappa shape index (κ1) is 19.7. The van der Waals surface area contributed by atoms with Crippen molar-refractivity contribution in [3.05, 3.63) is 29.7 Å². The summed E-state index contributed by atoms with van der Waals surface area (Å²) in [7, 11) is 1.70. The fourth-order valence-corrected chi connectivity index (χ4v) is 3.54. The third-order valence-electron chi connectivity index (χ3n) is 5.00. The van der Waals surface area contributed by atoms with Gasteiger partial charge in [-0.2, -0.15) is 0 Å². The number of ether oxygens (including phenoxy) is 1. The van der Waals surface area contributed by atoms with Gasteiger partial charge < -0.3 is 14.2 Å². The molecule has 2 aromatic heterocycles. The molecule has 0 aromatic carbocycles. The number of piperidine rings is 1. The molecule has 27 heavy (non-hydrogen) atoms. The summed E-state index contributed by atoms with van der Waals surface area (Å²) in [6, 6.07) is 2.43. The van der Waals surface area contributed by atoms with Crippen molar-refractivity contribution in [3.63, 3.8) is 0 Å². The van der Waals surface area contributed by atoms with Gasteiger partial charge in [0.1, 0.15) is 23.8 Å². The van der Waals surface area contributed by atoms with Crippen LogP contribution in [0.15, 0.2) is 12.4 Å². The minimum absolute atomic E-state index is 0.106. The van der Waals surface area contributed by atoms with Gasteiger partial charge in [0.25, 0.3) is 0 Å². The Hall–Kier alpha value is -2.02. The first-order chi connectivity index (χ1) is 12.8. The van der Waals surface area contributed by atoms with Crippen molar-refractivity contribution in [1.82, 2.24) is 24.7 Å². The predicted molar refractivity (Wildman–Crippen MR) is 106 cm³/mol. The molecule has 1 saturated heterocycles. The second-order valence-electron chi connectivity index (χ2n) is 8.70. The van der Waals surface area contributed by atoms with Gasteiger partial charge in [-0.25, -0.2) is 9.97 Å². The number of hydrogen-bond donors (Lipinski definition) is 0. The van der Waals surface area contributed by atoms with E-state index >= 15 is 0 Å². The minimum atomic E-state index is -0.106. The van der Waals surface area contributed by atoms with E-state index < -0.39 is 0 Å². The molecule has 3 rings (SSSR count). The van der Waals surface area contributed by atoms with Crippen molar-refractivity contribution in [1.29, 1.82) is 0 Å². The molecular weight excluding hydrogens is 340 g/mol. The Labute approximate surface area is 162 Å². The van der Waals surface area contributed by atoms with E-state index in [1.54, 1.807) is 7.11 Å². The van der Waals surface area contributed by atoms with Crippen molar-refractivity contribution < 1.29 is 4.74 Å². The summed E-state index contributed by atoms with van der Waals surface area (Å²) in [5.74, 6) is 3.29. The predicted octanol–water partition coefficient (Wildman–Crippen LogP) is 3.48. The van der Waals surface area contributed by atoms with Crippen molar-refractivity contribution in [3.8, 4) is 0 Å². The fraction of sp³-hybridized carbons (Fsp3) is 0.700. The van der Waals surface area contributed by atoms with E-state index in [0.717, 1.165) is 49.1 Å². The molecule has 0 amide bonds. The van der Waals surface area contributed by atoms with E-state index in [0.29, 0.717) is 18.6 Å². The summed E-state index contributed by atoms with van der Waals surface area (Å²) in [6.07, 6.45) is 4.09. The number of rotatable bonds is 5. The number of aromatic nitrogens is 5. The normalized spacial score (nSPS) is 18.3. The molecule has 1 atom stereocenters. The van der Waals surface area contributed by atoms with Gasteiger partial charge in [-0.1, -0.05) is 20.8 Å². The van der Waals surface area contributed by atoms with Crippen molar-refractivity contribution >= 4 is 5.82 Å². The summed E-state index contributed by atoms with van der Waals surface area (Å²) in [5.41, 5.74) is 0.825. The number of anilines is 1. The molecule has 7 heteroatoms. The maximum atomic E-state index is 5.33. The number of methoxy groups -OCH3 is 1. The van der Waals surface area contributed by atoms with Crippen molar-refractivity contribution in [2.24, 2.45) is 0 Å². The zero-order chi connectivity index (χ0) is 19.6. The van der Waals surface area contributed by atoms with Crippen LogP contribution in [-0.2, 0) is 16.8 Å². The Kier molecular flexibility index (Phi) is 5.79. The van der Waals surface area contributed by atoms with Crippen LogP contribution < -0.4 is 4.90 Å². The van der Waals surface area contributed by atoms with Gasteiger partial charge in [-0.3, -0.25) is 0 Å². The Bertz CT molecular complexity index is 764. The van der Waals surface area contributed by atoms with E-state index in [9.17, 15) is 0 Å². The van der Waals surface area contributed by atoms with Gasteiger partial charge in [0, 0.05) is 43.6 Å². The maximum Gasteiger partial charge on any atom is 0.137 e. The molecule has 1 unspecified atom stereocenters. The summed E-state index contributed by atoms with van der Waals surface area (Å²) < 4.78 is 7.52. The quantitative estimate of drug-likeness (QED) is 0.800. The second-order valence-corrected chi connectivity index (χ2v) is 8.70. The lowest BCUT2D eigenvalue weighted by atomic mass is 9.95. The fourth-order valence-electron chi connectivity index (χ4n) is 3.54. The molecular formula is C20H32N6O. The third kappa shape index (κ3) is 4.46.